The predicted molar refractivity (Wildman–Crippen MR) is 63.5 cm³/mol. The van der Waals surface area contributed by atoms with E-state index in [1.165, 1.54) is 19.2 Å². The molecule has 18 heavy (non-hydrogen) atoms. The van der Waals surface area contributed by atoms with Crippen LogP contribution in [-0.4, -0.2) is 32.2 Å². The predicted octanol–water partition coefficient (Wildman–Crippen LogP) is 0.840. The fourth-order valence-corrected chi connectivity index (χ4v) is 1.29. The van der Waals surface area contributed by atoms with E-state index in [2.05, 4.69) is 15.4 Å². The molecule has 1 rings (SSSR count). The first-order chi connectivity index (χ1) is 8.61. The maximum atomic E-state index is 12.6. The van der Waals surface area contributed by atoms with Gasteiger partial charge >= 0.3 is 6.09 Å². The van der Waals surface area contributed by atoms with E-state index in [4.69, 9.17) is 0 Å². The first-order valence-electron chi connectivity index (χ1n) is 5.45. The van der Waals surface area contributed by atoms with E-state index in [0.717, 1.165) is 5.56 Å². The second-order valence-electron chi connectivity index (χ2n) is 3.57. The summed E-state index contributed by atoms with van der Waals surface area (Å²) in [6.07, 6.45) is -0.360. The van der Waals surface area contributed by atoms with Crippen LogP contribution in [0.2, 0.25) is 0 Å². The molecular weight excluding hydrogens is 239 g/mol. The van der Waals surface area contributed by atoms with Crippen molar-refractivity contribution in [2.24, 2.45) is 0 Å². The first kappa shape index (κ1) is 14.0. The molecule has 0 bridgehead atoms. The van der Waals surface area contributed by atoms with Gasteiger partial charge < -0.3 is 15.4 Å². The van der Waals surface area contributed by atoms with Crippen LogP contribution in [0.25, 0.3) is 0 Å². The third-order valence-electron chi connectivity index (χ3n) is 2.18. The fourth-order valence-electron chi connectivity index (χ4n) is 1.29. The Hall–Kier alpha value is -2.11. The lowest BCUT2D eigenvalue weighted by Crippen LogP contribution is -2.35. The number of carbonyl (C=O) groups excluding carboxylic acids is 2. The summed E-state index contributed by atoms with van der Waals surface area (Å²) in [5, 5.41) is 5.06. The standard InChI is InChI=1S/C12H15FN2O3/c1-18-12(17)15-7-6-14-11(16)8-9-2-4-10(13)5-3-9/h2-5H,6-8H2,1H3,(H,14,16)(H,15,17). The molecule has 2 N–H and O–H groups in total. The van der Waals surface area contributed by atoms with Crippen LogP contribution in [0.4, 0.5) is 9.18 Å². The molecule has 0 saturated carbocycles. The lowest BCUT2D eigenvalue weighted by Gasteiger charge is -2.06. The summed E-state index contributed by atoms with van der Waals surface area (Å²) in [6, 6.07) is 5.73. The Kier molecular flexibility index (Phi) is 5.63. The number of halogens is 1. The topological polar surface area (TPSA) is 67.4 Å². The van der Waals surface area contributed by atoms with Crippen LogP contribution in [0.5, 0.6) is 0 Å². The number of amides is 2. The van der Waals surface area contributed by atoms with Crippen molar-refractivity contribution in [2.75, 3.05) is 20.2 Å². The molecule has 1 aromatic carbocycles. The largest absolute Gasteiger partial charge is 0.453 e. The molecule has 0 fully saturated rings. The SMILES string of the molecule is COC(=O)NCCNC(=O)Cc1ccc(F)cc1. The van der Waals surface area contributed by atoms with Crippen molar-refractivity contribution < 1.29 is 18.7 Å². The van der Waals surface area contributed by atoms with Gasteiger partial charge in [0.2, 0.25) is 5.91 Å². The van der Waals surface area contributed by atoms with Crippen molar-refractivity contribution in [2.45, 2.75) is 6.42 Å². The second-order valence-corrected chi connectivity index (χ2v) is 3.57. The van der Waals surface area contributed by atoms with Gasteiger partial charge in [-0.3, -0.25) is 4.79 Å². The van der Waals surface area contributed by atoms with Gasteiger partial charge in [-0.15, -0.1) is 0 Å². The van der Waals surface area contributed by atoms with E-state index >= 15 is 0 Å². The van der Waals surface area contributed by atoms with Gasteiger partial charge in [0, 0.05) is 13.1 Å². The molecule has 0 unspecified atom stereocenters. The van der Waals surface area contributed by atoms with Gasteiger partial charge in [-0.1, -0.05) is 12.1 Å². The zero-order chi connectivity index (χ0) is 13.4. The van der Waals surface area contributed by atoms with Crippen LogP contribution in [0, 0.1) is 5.82 Å². The summed E-state index contributed by atoms with van der Waals surface area (Å²) in [5.74, 6) is -0.519. The van der Waals surface area contributed by atoms with Crippen LogP contribution in [0.1, 0.15) is 5.56 Å². The van der Waals surface area contributed by atoms with Crippen molar-refractivity contribution in [3.05, 3.63) is 35.6 Å². The Balaban J connectivity index is 2.21. The van der Waals surface area contributed by atoms with Crippen LogP contribution in [0.3, 0.4) is 0 Å². The van der Waals surface area contributed by atoms with Crippen LogP contribution in [0.15, 0.2) is 24.3 Å². The third kappa shape index (κ3) is 5.29. The highest BCUT2D eigenvalue weighted by atomic mass is 19.1. The van der Waals surface area contributed by atoms with E-state index in [-0.39, 0.29) is 18.1 Å². The Morgan fingerprint density at radius 1 is 1.17 bits per heavy atom. The Morgan fingerprint density at radius 3 is 2.39 bits per heavy atom. The number of alkyl carbamates (subject to hydrolysis) is 1. The van der Waals surface area contributed by atoms with Crippen LogP contribution < -0.4 is 10.6 Å². The summed E-state index contributed by atoms with van der Waals surface area (Å²) in [7, 11) is 1.27. The Morgan fingerprint density at radius 2 is 1.78 bits per heavy atom. The maximum absolute atomic E-state index is 12.6. The molecule has 0 saturated heterocycles. The minimum Gasteiger partial charge on any atom is -0.453 e. The summed E-state index contributed by atoms with van der Waals surface area (Å²) >= 11 is 0. The number of methoxy groups -OCH3 is 1. The van der Waals surface area contributed by atoms with Gasteiger partial charge in [0.15, 0.2) is 0 Å². The minimum atomic E-state index is -0.539. The summed E-state index contributed by atoms with van der Waals surface area (Å²) in [4.78, 5) is 22.2. The number of rotatable bonds is 5. The number of nitrogens with one attached hydrogen (secondary N) is 2. The van der Waals surface area contributed by atoms with Gasteiger partial charge in [-0.2, -0.15) is 0 Å². The number of benzene rings is 1. The molecule has 0 atom stereocenters. The molecule has 1 aromatic rings. The normalized spacial score (nSPS) is 9.67. The Labute approximate surface area is 104 Å². The molecule has 6 heteroatoms. The second kappa shape index (κ2) is 7.26. The molecule has 2 amide bonds. The number of hydrogen-bond donors (Lipinski definition) is 2. The van der Waals surface area contributed by atoms with Gasteiger partial charge in [-0.05, 0) is 17.7 Å². The van der Waals surface area contributed by atoms with Crippen molar-refractivity contribution in [1.29, 1.82) is 0 Å². The van der Waals surface area contributed by atoms with Crippen molar-refractivity contribution >= 4 is 12.0 Å². The Bertz CT molecular complexity index is 406. The van der Waals surface area contributed by atoms with Gasteiger partial charge in [0.1, 0.15) is 5.82 Å². The average Bonchev–Trinajstić information content (AvgIpc) is 2.37. The van der Waals surface area contributed by atoms with E-state index in [0.29, 0.717) is 13.1 Å². The van der Waals surface area contributed by atoms with Crippen molar-refractivity contribution in [3.63, 3.8) is 0 Å². The van der Waals surface area contributed by atoms with E-state index < -0.39 is 6.09 Å². The number of ether oxygens (including phenoxy) is 1. The highest BCUT2D eigenvalue weighted by Gasteiger charge is 2.03. The van der Waals surface area contributed by atoms with Crippen molar-refractivity contribution in [1.82, 2.24) is 10.6 Å². The minimum absolute atomic E-state index is 0.179. The maximum Gasteiger partial charge on any atom is 0.406 e. The zero-order valence-electron chi connectivity index (χ0n) is 10.0. The smallest absolute Gasteiger partial charge is 0.406 e. The summed E-state index contributed by atoms with van der Waals surface area (Å²) in [5.41, 5.74) is 0.731. The average molecular weight is 254 g/mol. The van der Waals surface area contributed by atoms with E-state index in [9.17, 15) is 14.0 Å². The monoisotopic (exact) mass is 254 g/mol. The van der Waals surface area contributed by atoms with Gasteiger partial charge in [-0.25, -0.2) is 9.18 Å². The van der Waals surface area contributed by atoms with Gasteiger partial charge in [0.05, 0.1) is 13.5 Å². The molecular formula is C12H15FN2O3. The molecule has 0 aliphatic heterocycles. The molecule has 0 aliphatic carbocycles. The fraction of sp³-hybridized carbons (Fsp3) is 0.333. The molecule has 0 aromatic heterocycles. The van der Waals surface area contributed by atoms with Crippen molar-refractivity contribution in [3.8, 4) is 0 Å². The third-order valence-corrected chi connectivity index (χ3v) is 2.18. The van der Waals surface area contributed by atoms with Crippen LogP contribution >= 0.6 is 0 Å². The quantitative estimate of drug-likeness (QED) is 0.765. The lowest BCUT2D eigenvalue weighted by molar-refractivity contribution is -0.120. The molecule has 98 valence electrons. The van der Waals surface area contributed by atoms with E-state index in [1.54, 1.807) is 12.1 Å². The molecule has 0 heterocycles. The molecule has 5 nitrogen and oxygen atoms in total. The van der Waals surface area contributed by atoms with Gasteiger partial charge in [0.25, 0.3) is 0 Å². The lowest BCUT2D eigenvalue weighted by atomic mass is 10.1. The highest BCUT2D eigenvalue weighted by Crippen LogP contribution is 2.03. The zero-order valence-corrected chi connectivity index (χ0v) is 10.0. The molecule has 0 spiro atoms. The van der Waals surface area contributed by atoms with E-state index in [1.807, 2.05) is 0 Å². The number of carbonyl (C=O) groups is 2. The van der Waals surface area contributed by atoms with Crippen LogP contribution in [-0.2, 0) is 16.0 Å². The highest BCUT2D eigenvalue weighted by molar-refractivity contribution is 5.78. The summed E-state index contributed by atoms with van der Waals surface area (Å²) in [6.45, 7) is 0.608. The number of hydrogen-bond acceptors (Lipinski definition) is 3. The summed E-state index contributed by atoms with van der Waals surface area (Å²) < 4.78 is 17.0. The molecule has 0 aliphatic rings. The molecule has 0 radical (unpaired) electrons. The first-order valence-corrected chi connectivity index (χ1v) is 5.45.